The van der Waals surface area contributed by atoms with Crippen LogP contribution >= 0.6 is 0 Å². The largest absolute Gasteiger partial charge is 0.355 e. The Hall–Kier alpha value is -2.63. The number of aromatic nitrogens is 2. The highest BCUT2D eigenvalue weighted by atomic mass is 16.2. The fourth-order valence-corrected chi connectivity index (χ4v) is 1.94. The molecular weight excluding hydrogens is 258 g/mol. The van der Waals surface area contributed by atoms with Gasteiger partial charge in [-0.15, -0.1) is 0 Å². The van der Waals surface area contributed by atoms with E-state index in [-0.39, 0.29) is 12.1 Å². The van der Waals surface area contributed by atoms with Crippen molar-refractivity contribution in [2.24, 2.45) is 0 Å². The summed E-state index contributed by atoms with van der Waals surface area (Å²) in [4.78, 5) is 36.1. The zero-order valence-electron chi connectivity index (χ0n) is 11.3. The summed E-state index contributed by atoms with van der Waals surface area (Å²) in [5.41, 5.74) is -0.497. The Balaban J connectivity index is 2.80. The van der Waals surface area contributed by atoms with Crippen LogP contribution in [0, 0.1) is 0 Å². The number of carbonyl (C=O) groups excluding carboxylic acids is 1. The normalized spacial score (nSPS) is 10.3. The Kier molecular flexibility index (Phi) is 3.84. The number of hydrogen-bond acceptors (Lipinski definition) is 3. The first kappa shape index (κ1) is 13.8. The number of benzene rings is 1. The molecule has 20 heavy (non-hydrogen) atoms. The summed E-state index contributed by atoms with van der Waals surface area (Å²) in [6.07, 6.45) is 1.28. The molecule has 1 aromatic carbocycles. The summed E-state index contributed by atoms with van der Waals surface area (Å²) in [6.45, 7) is 1.89. The van der Waals surface area contributed by atoms with Crippen LogP contribution in [0.25, 0.3) is 5.69 Å². The number of para-hydroxylation sites is 1. The Morgan fingerprint density at radius 1 is 1.20 bits per heavy atom. The lowest BCUT2D eigenvalue weighted by molar-refractivity contribution is 0.0960. The van der Waals surface area contributed by atoms with Gasteiger partial charge in [-0.3, -0.25) is 18.7 Å². The van der Waals surface area contributed by atoms with Crippen LogP contribution in [0.2, 0.25) is 0 Å². The molecule has 0 bridgehead atoms. The molecule has 0 unspecified atom stereocenters. The second-order valence-corrected chi connectivity index (χ2v) is 4.16. The van der Waals surface area contributed by atoms with Gasteiger partial charge in [-0.1, -0.05) is 18.2 Å². The van der Waals surface area contributed by atoms with Crippen molar-refractivity contribution in [3.8, 4) is 5.69 Å². The van der Waals surface area contributed by atoms with Crippen LogP contribution in [0.15, 0.2) is 46.1 Å². The Labute approximate surface area is 115 Å². The van der Waals surface area contributed by atoms with Crippen molar-refractivity contribution >= 4 is 5.91 Å². The molecule has 0 aliphatic rings. The fraction of sp³-hybridized carbons (Fsp3) is 0.214. The van der Waals surface area contributed by atoms with Crippen molar-refractivity contribution in [3.63, 3.8) is 0 Å². The lowest BCUT2D eigenvalue weighted by Gasteiger charge is -2.11. The summed E-state index contributed by atoms with van der Waals surface area (Å²) >= 11 is 0. The molecule has 0 saturated heterocycles. The van der Waals surface area contributed by atoms with Crippen LogP contribution in [0.1, 0.15) is 17.3 Å². The summed E-state index contributed by atoms with van der Waals surface area (Å²) in [5.74, 6) is -0.512. The van der Waals surface area contributed by atoms with Crippen LogP contribution in [-0.4, -0.2) is 22.1 Å². The quantitative estimate of drug-likeness (QED) is 0.878. The van der Waals surface area contributed by atoms with Gasteiger partial charge in [0.2, 0.25) is 0 Å². The van der Waals surface area contributed by atoms with Crippen molar-refractivity contribution in [2.45, 2.75) is 13.5 Å². The predicted octanol–water partition coefficient (Wildman–Crippen LogP) is 0.379. The van der Waals surface area contributed by atoms with Gasteiger partial charge in [0.05, 0.1) is 5.69 Å². The van der Waals surface area contributed by atoms with Crippen LogP contribution in [0.4, 0.5) is 0 Å². The molecule has 6 heteroatoms. The third-order valence-electron chi connectivity index (χ3n) is 2.99. The first-order valence-electron chi connectivity index (χ1n) is 6.24. The average Bonchev–Trinajstić information content (AvgIpc) is 2.48. The molecule has 1 aromatic heterocycles. The number of nitrogens with one attached hydrogen (secondary N) is 1. The molecule has 0 aliphatic carbocycles. The monoisotopic (exact) mass is 273 g/mol. The molecule has 0 atom stereocenters. The van der Waals surface area contributed by atoms with E-state index in [2.05, 4.69) is 5.32 Å². The van der Waals surface area contributed by atoms with E-state index in [1.165, 1.54) is 17.8 Å². The molecule has 0 spiro atoms. The van der Waals surface area contributed by atoms with Gasteiger partial charge in [0.15, 0.2) is 0 Å². The molecule has 0 aliphatic heterocycles. The third-order valence-corrected chi connectivity index (χ3v) is 2.99. The summed E-state index contributed by atoms with van der Waals surface area (Å²) in [5, 5.41) is 2.40. The lowest BCUT2D eigenvalue weighted by Crippen LogP contribution is -2.42. The number of amides is 1. The third kappa shape index (κ3) is 2.27. The van der Waals surface area contributed by atoms with Crippen molar-refractivity contribution in [2.75, 3.05) is 7.05 Å². The number of carbonyl (C=O) groups is 1. The van der Waals surface area contributed by atoms with Gasteiger partial charge in [-0.2, -0.15) is 0 Å². The van der Waals surface area contributed by atoms with Crippen molar-refractivity contribution in [1.29, 1.82) is 0 Å². The van der Waals surface area contributed by atoms with Crippen molar-refractivity contribution < 1.29 is 4.79 Å². The molecule has 1 N–H and O–H groups in total. The first-order chi connectivity index (χ1) is 9.60. The Morgan fingerprint density at radius 2 is 1.85 bits per heavy atom. The van der Waals surface area contributed by atoms with Gasteiger partial charge in [-0.05, 0) is 19.1 Å². The standard InChI is InChI=1S/C14H15N3O3/c1-3-16-13(19)11(12(18)15-2)9-17(14(16)20)10-7-5-4-6-8-10/h4-9H,3H2,1-2H3,(H,15,18). The molecule has 1 heterocycles. The minimum absolute atomic E-state index is 0.0576. The van der Waals surface area contributed by atoms with Gasteiger partial charge in [0.25, 0.3) is 11.5 Å². The smallest absolute Gasteiger partial charge is 0.335 e. The molecule has 1 amide bonds. The first-order valence-corrected chi connectivity index (χ1v) is 6.24. The minimum atomic E-state index is -0.580. The van der Waals surface area contributed by atoms with E-state index < -0.39 is 17.2 Å². The number of nitrogens with zero attached hydrogens (tertiary/aromatic N) is 2. The maximum absolute atomic E-state index is 12.3. The van der Waals surface area contributed by atoms with Crippen LogP contribution in [0.5, 0.6) is 0 Å². The van der Waals surface area contributed by atoms with E-state index in [9.17, 15) is 14.4 Å². The molecular formula is C14H15N3O3. The molecule has 0 saturated carbocycles. The van der Waals surface area contributed by atoms with Crippen molar-refractivity contribution in [3.05, 3.63) is 62.9 Å². The highest BCUT2D eigenvalue weighted by Crippen LogP contribution is 2.04. The van der Waals surface area contributed by atoms with Crippen LogP contribution < -0.4 is 16.6 Å². The number of hydrogen-bond donors (Lipinski definition) is 1. The van der Waals surface area contributed by atoms with E-state index in [0.717, 1.165) is 4.57 Å². The highest BCUT2D eigenvalue weighted by molar-refractivity contribution is 5.93. The van der Waals surface area contributed by atoms with Gasteiger partial charge >= 0.3 is 5.69 Å². The minimum Gasteiger partial charge on any atom is -0.355 e. The summed E-state index contributed by atoms with van der Waals surface area (Å²) in [6, 6.07) is 8.86. The van der Waals surface area contributed by atoms with Gasteiger partial charge in [0, 0.05) is 19.8 Å². The highest BCUT2D eigenvalue weighted by Gasteiger charge is 2.16. The molecule has 2 rings (SSSR count). The lowest BCUT2D eigenvalue weighted by atomic mass is 10.2. The zero-order valence-corrected chi connectivity index (χ0v) is 11.3. The van der Waals surface area contributed by atoms with E-state index in [0.29, 0.717) is 5.69 Å². The second kappa shape index (κ2) is 5.56. The molecule has 0 fully saturated rings. The molecule has 0 radical (unpaired) electrons. The van der Waals surface area contributed by atoms with Gasteiger partial charge in [0.1, 0.15) is 5.56 Å². The molecule has 6 nitrogen and oxygen atoms in total. The zero-order chi connectivity index (χ0) is 14.7. The van der Waals surface area contributed by atoms with E-state index in [4.69, 9.17) is 0 Å². The second-order valence-electron chi connectivity index (χ2n) is 4.16. The Morgan fingerprint density at radius 3 is 2.40 bits per heavy atom. The SMILES string of the molecule is CCn1c(=O)c(C(=O)NC)cn(-c2ccccc2)c1=O. The topological polar surface area (TPSA) is 73.1 Å². The van der Waals surface area contributed by atoms with Gasteiger partial charge in [-0.25, -0.2) is 4.79 Å². The van der Waals surface area contributed by atoms with Crippen LogP contribution in [-0.2, 0) is 6.54 Å². The maximum Gasteiger partial charge on any atom is 0.335 e. The maximum atomic E-state index is 12.3. The fourth-order valence-electron chi connectivity index (χ4n) is 1.94. The Bertz CT molecular complexity index is 744. The summed E-state index contributed by atoms with van der Waals surface area (Å²) in [7, 11) is 1.44. The van der Waals surface area contributed by atoms with E-state index in [1.807, 2.05) is 6.07 Å². The number of rotatable bonds is 3. The summed E-state index contributed by atoms with van der Waals surface area (Å²) < 4.78 is 2.34. The van der Waals surface area contributed by atoms with Gasteiger partial charge < -0.3 is 5.32 Å². The van der Waals surface area contributed by atoms with Crippen molar-refractivity contribution in [1.82, 2.24) is 14.5 Å². The van der Waals surface area contributed by atoms with Crippen LogP contribution in [0.3, 0.4) is 0 Å². The average molecular weight is 273 g/mol. The molecule has 2 aromatic rings. The van der Waals surface area contributed by atoms with E-state index in [1.54, 1.807) is 31.2 Å². The van der Waals surface area contributed by atoms with E-state index >= 15 is 0 Å². The molecule has 104 valence electrons. The predicted molar refractivity (Wildman–Crippen MR) is 75.4 cm³/mol.